The Bertz CT molecular complexity index is 429. The first-order valence-corrected chi connectivity index (χ1v) is 6.46. The molecule has 0 spiro atoms. The third-order valence-electron chi connectivity index (χ3n) is 1.44. The third-order valence-corrected chi connectivity index (χ3v) is 4.60. The van der Waals surface area contributed by atoms with Crippen LogP contribution in [0, 0.1) is 0 Å². The van der Waals surface area contributed by atoms with E-state index in [0.29, 0.717) is 5.16 Å². The van der Waals surface area contributed by atoms with Gasteiger partial charge in [-0.3, -0.25) is 0 Å². The number of rotatable bonds is 1. The second-order valence-corrected chi connectivity index (χ2v) is 6.21. The smallest absolute Gasteiger partial charge is 0.229 e. The number of fused-ring (bicyclic) bond motifs is 1. The van der Waals surface area contributed by atoms with E-state index in [0.717, 1.165) is 4.41 Å². The standard InChI is InChI=1S/C4H5BrN4O2S2/c5-3-9(13(6,10)11)8-2-1-7-4(8)12-3/h1-3H,(H2,6,10,11). The third kappa shape index (κ3) is 1.45. The van der Waals surface area contributed by atoms with Gasteiger partial charge >= 0.3 is 10.2 Å². The number of thioether (sulfide) groups is 1. The minimum absolute atomic E-state index is 0.425. The van der Waals surface area contributed by atoms with E-state index in [1.807, 2.05) is 0 Å². The zero-order valence-corrected chi connectivity index (χ0v) is 9.38. The van der Waals surface area contributed by atoms with E-state index in [1.165, 1.54) is 28.8 Å². The summed E-state index contributed by atoms with van der Waals surface area (Å²) in [5.41, 5.74) is 0. The summed E-state index contributed by atoms with van der Waals surface area (Å²) >= 11 is 4.44. The zero-order valence-electron chi connectivity index (χ0n) is 6.16. The van der Waals surface area contributed by atoms with Gasteiger partial charge in [-0.2, -0.15) is 12.8 Å². The van der Waals surface area contributed by atoms with Crippen LogP contribution in [0.25, 0.3) is 0 Å². The van der Waals surface area contributed by atoms with Gasteiger partial charge in [-0.1, -0.05) is 0 Å². The Kier molecular flexibility index (Phi) is 2.06. The lowest BCUT2D eigenvalue weighted by Crippen LogP contribution is -2.44. The molecule has 72 valence electrons. The molecule has 1 aromatic heterocycles. The van der Waals surface area contributed by atoms with Crippen LogP contribution in [0.1, 0.15) is 0 Å². The van der Waals surface area contributed by atoms with E-state index < -0.39 is 14.5 Å². The zero-order chi connectivity index (χ0) is 9.64. The van der Waals surface area contributed by atoms with Gasteiger partial charge in [-0.15, -0.1) is 0 Å². The summed E-state index contributed by atoms with van der Waals surface area (Å²) in [6.07, 6.45) is 3.05. The lowest BCUT2D eigenvalue weighted by Gasteiger charge is -2.18. The number of aromatic nitrogens is 2. The number of hydrogen-bond donors (Lipinski definition) is 1. The van der Waals surface area contributed by atoms with Crippen molar-refractivity contribution in [3.63, 3.8) is 0 Å². The monoisotopic (exact) mass is 284 g/mol. The van der Waals surface area contributed by atoms with Crippen LogP contribution in [-0.4, -0.2) is 22.4 Å². The van der Waals surface area contributed by atoms with Crippen LogP contribution in [0.4, 0.5) is 0 Å². The molecule has 1 aliphatic heterocycles. The summed E-state index contributed by atoms with van der Waals surface area (Å²) in [6.45, 7) is 0. The van der Waals surface area contributed by atoms with E-state index in [-0.39, 0.29) is 0 Å². The van der Waals surface area contributed by atoms with Crippen LogP contribution < -0.4 is 9.55 Å². The molecule has 0 saturated heterocycles. The molecule has 1 aliphatic rings. The number of nitrogens with zero attached hydrogens (tertiary/aromatic N) is 3. The molecule has 0 aromatic carbocycles. The Balaban J connectivity index is 2.52. The highest BCUT2D eigenvalue weighted by atomic mass is 79.9. The van der Waals surface area contributed by atoms with Crippen LogP contribution in [-0.2, 0) is 10.2 Å². The van der Waals surface area contributed by atoms with Gasteiger partial charge in [0.1, 0.15) is 0 Å². The van der Waals surface area contributed by atoms with Gasteiger partial charge in [-0.25, -0.2) is 14.8 Å². The van der Waals surface area contributed by atoms with Crippen molar-refractivity contribution >= 4 is 37.9 Å². The second-order valence-electron chi connectivity index (χ2n) is 2.28. The summed E-state index contributed by atoms with van der Waals surface area (Å²) in [5, 5.41) is 5.60. The van der Waals surface area contributed by atoms with E-state index >= 15 is 0 Å². The molecule has 0 aliphatic carbocycles. The summed E-state index contributed by atoms with van der Waals surface area (Å²) < 4.78 is 24.2. The first-order chi connectivity index (χ1) is 6.00. The van der Waals surface area contributed by atoms with E-state index in [9.17, 15) is 8.42 Å². The van der Waals surface area contributed by atoms with Crippen molar-refractivity contribution in [1.29, 1.82) is 0 Å². The molecule has 6 nitrogen and oxygen atoms in total. The Labute approximate surface area is 87.4 Å². The Morgan fingerprint density at radius 1 is 1.69 bits per heavy atom. The summed E-state index contributed by atoms with van der Waals surface area (Å²) in [6, 6.07) is 0. The van der Waals surface area contributed by atoms with E-state index in [4.69, 9.17) is 5.14 Å². The topological polar surface area (TPSA) is 81.2 Å². The van der Waals surface area contributed by atoms with Crippen molar-refractivity contribution < 1.29 is 8.42 Å². The maximum atomic E-state index is 11.1. The maximum absolute atomic E-state index is 11.1. The SMILES string of the molecule is NS(=O)(=O)N1C(Br)Sc2nccn21. The highest BCUT2D eigenvalue weighted by molar-refractivity contribution is 9.11. The second kappa shape index (κ2) is 2.87. The fourth-order valence-electron chi connectivity index (χ4n) is 0.986. The number of halogens is 1. The van der Waals surface area contributed by atoms with Crippen LogP contribution in [0.2, 0.25) is 0 Å². The lowest BCUT2D eigenvalue weighted by atomic mass is 11.0. The molecule has 1 unspecified atom stereocenters. The molecule has 0 fully saturated rings. The van der Waals surface area contributed by atoms with Crippen LogP contribution in [0.5, 0.6) is 0 Å². The molecular weight excluding hydrogens is 280 g/mol. The van der Waals surface area contributed by atoms with Crippen molar-refractivity contribution in [2.75, 3.05) is 4.41 Å². The first kappa shape index (κ1) is 9.31. The fraction of sp³-hybridized carbons (Fsp3) is 0.250. The van der Waals surface area contributed by atoms with Crippen LogP contribution in [0.15, 0.2) is 17.6 Å². The number of nitrogens with two attached hydrogens (primary N) is 1. The van der Waals surface area contributed by atoms with Crippen molar-refractivity contribution in [3.8, 4) is 0 Å². The molecule has 0 bridgehead atoms. The van der Waals surface area contributed by atoms with Crippen LogP contribution in [0.3, 0.4) is 0 Å². The molecule has 0 radical (unpaired) electrons. The summed E-state index contributed by atoms with van der Waals surface area (Å²) in [7, 11) is -3.75. The normalized spacial score (nSPS) is 22.0. The molecular formula is C4H5BrN4O2S2. The maximum Gasteiger partial charge on any atom is 0.314 e. The molecule has 1 aromatic rings. The van der Waals surface area contributed by atoms with E-state index in [2.05, 4.69) is 20.9 Å². The Hall–Kier alpha value is -0.250. The molecule has 0 amide bonds. The predicted octanol–water partition coefficient (Wildman–Crippen LogP) is -0.191. The van der Waals surface area contributed by atoms with Crippen molar-refractivity contribution in [2.24, 2.45) is 5.14 Å². The van der Waals surface area contributed by atoms with Gasteiger partial charge in [0, 0.05) is 12.4 Å². The average molecular weight is 285 g/mol. The fourth-order valence-corrected chi connectivity index (χ4v) is 4.28. The highest BCUT2D eigenvalue weighted by Gasteiger charge is 2.35. The quantitative estimate of drug-likeness (QED) is 0.573. The van der Waals surface area contributed by atoms with Gasteiger partial charge < -0.3 is 0 Å². The number of alkyl halides is 1. The largest absolute Gasteiger partial charge is 0.314 e. The lowest BCUT2D eigenvalue weighted by molar-refractivity contribution is 0.573. The molecule has 2 rings (SSSR count). The van der Waals surface area contributed by atoms with Crippen molar-refractivity contribution in [1.82, 2.24) is 9.66 Å². The van der Waals surface area contributed by atoms with Gasteiger partial charge in [0.15, 0.2) is 9.44 Å². The summed E-state index contributed by atoms with van der Waals surface area (Å²) in [5.74, 6) is 0. The number of hydrogen-bond acceptors (Lipinski definition) is 4. The van der Waals surface area contributed by atoms with Crippen molar-refractivity contribution in [3.05, 3.63) is 12.4 Å². The average Bonchev–Trinajstić information content (AvgIpc) is 2.41. The molecule has 0 saturated carbocycles. The minimum Gasteiger partial charge on any atom is -0.229 e. The number of imidazole rings is 1. The first-order valence-electron chi connectivity index (χ1n) is 3.16. The Morgan fingerprint density at radius 2 is 2.38 bits per heavy atom. The van der Waals surface area contributed by atoms with Gasteiger partial charge in [0.25, 0.3) is 0 Å². The van der Waals surface area contributed by atoms with Gasteiger partial charge in [-0.05, 0) is 27.7 Å². The molecule has 1 atom stereocenters. The van der Waals surface area contributed by atoms with Crippen LogP contribution >= 0.6 is 27.7 Å². The molecule has 13 heavy (non-hydrogen) atoms. The van der Waals surface area contributed by atoms with Crippen molar-refractivity contribution in [2.45, 2.75) is 9.44 Å². The highest BCUT2D eigenvalue weighted by Crippen LogP contribution is 2.35. The van der Waals surface area contributed by atoms with E-state index in [1.54, 1.807) is 0 Å². The molecule has 2 N–H and O–H groups in total. The minimum atomic E-state index is -3.75. The molecule has 9 heteroatoms. The molecule has 2 heterocycles. The van der Waals surface area contributed by atoms with Gasteiger partial charge in [0.2, 0.25) is 0 Å². The summed E-state index contributed by atoms with van der Waals surface area (Å²) in [4.78, 5) is 3.95. The Morgan fingerprint density at radius 3 is 3.00 bits per heavy atom. The van der Waals surface area contributed by atoms with Gasteiger partial charge in [0.05, 0.1) is 0 Å². The predicted molar refractivity (Wildman–Crippen MR) is 52.1 cm³/mol.